The molecule has 2 saturated heterocycles. The standard InChI is InChI=1S/C18H16F5N3OS/c19-10-5-11(14-13(12(10)20)24-9-28-14)25-4-3-16(6-25)7-26(8-16)15(27)17(1-2-17)18(21,22)23/h5,9H,1-4,6-8H2. The lowest BCUT2D eigenvalue weighted by Gasteiger charge is -2.49. The predicted molar refractivity (Wildman–Crippen MR) is 93.1 cm³/mol. The third kappa shape index (κ3) is 2.39. The van der Waals surface area contributed by atoms with Crippen LogP contribution in [-0.4, -0.2) is 48.1 Å². The number of nitrogens with zero attached hydrogens (tertiary/aromatic N) is 3. The summed E-state index contributed by atoms with van der Waals surface area (Å²) >= 11 is 1.22. The zero-order chi connectivity index (χ0) is 19.9. The number of alkyl halides is 3. The molecule has 4 nitrogen and oxygen atoms in total. The van der Waals surface area contributed by atoms with Crippen LogP contribution in [0.1, 0.15) is 19.3 Å². The number of benzene rings is 1. The number of thiazole rings is 1. The molecule has 1 saturated carbocycles. The number of aromatic nitrogens is 1. The Hall–Kier alpha value is -1.97. The number of amides is 1. The van der Waals surface area contributed by atoms with Gasteiger partial charge in [0.05, 0.1) is 15.9 Å². The van der Waals surface area contributed by atoms with Crippen molar-refractivity contribution in [3.63, 3.8) is 0 Å². The number of carbonyl (C=O) groups is 1. The summed E-state index contributed by atoms with van der Waals surface area (Å²) in [4.78, 5) is 19.5. The van der Waals surface area contributed by atoms with E-state index in [1.807, 2.05) is 4.90 Å². The van der Waals surface area contributed by atoms with E-state index in [2.05, 4.69) is 4.98 Å². The predicted octanol–water partition coefficient (Wildman–Crippen LogP) is 3.96. The van der Waals surface area contributed by atoms with Crippen LogP contribution in [0.2, 0.25) is 0 Å². The first-order chi connectivity index (χ1) is 13.2. The molecule has 0 atom stereocenters. The Balaban J connectivity index is 1.33. The van der Waals surface area contributed by atoms with Gasteiger partial charge < -0.3 is 9.80 Å². The number of halogens is 5. The Morgan fingerprint density at radius 2 is 1.86 bits per heavy atom. The highest BCUT2D eigenvalue weighted by molar-refractivity contribution is 7.17. The van der Waals surface area contributed by atoms with Crippen LogP contribution in [-0.2, 0) is 4.79 Å². The summed E-state index contributed by atoms with van der Waals surface area (Å²) in [6, 6.07) is 1.15. The van der Waals surface area contributed by atoms with Crippen LogP contribution in [0.5, 0.6) is 0 Å². The Kier molecular flexibility index (Phi) is 3.58. The maximum atomic E-state index is 13.9. The third-order valence-electron chi connectivity index (χ3n) is 6.30. The highest BCUT2D eigenvalue weighted by atomic mass is 32.1. The lowest BCUT2D eigenvalue weighted by Crippen LogP contribution is -2.62. The van der Waals surface area contributed by atoms with E-state index < -0.39 is 29.1 Å². The van der Waals surface area contributed by atoms with Crippen LogP contribution in [0.4, 0.5) is 27.6 Å². The first-order valence-corrected chi connectivity index (χ1v) is 9.86. The van der Waals surface area contributed by atoms with Gasteiger partial charge in [-0.1, -0.05) is 0 Å². The summed E-state index contributed by atoms with van der Waals surface area (Å²) in [7, 11) is 0. The number of rotatable bonds is 2. The second-order valence-corrected chi connectivity index (χ2v) is 8.99. The quantitative estimate of drug-likeness (QED) is 0.695. The number of anilines is 1. The molecule has 5 rings (SSSR count). The van der Waals surface area contributed by atoms with Gasteiger partial charge in [0.15, 0.2) is 11.6 Å². The maximum Gasteiger partial charge on any atom is 0.403 e. The zero-order valence-corrected chi connectivity index (χ0v) is 15.5. The third-order valence-corrected chi connectivity index (χ3v) is 7.15. The van der Waals surface area contributed by atoms with Gasteiger partial charge in [0.25, 0.3) is 0 Å². The summed E-state index contributed by atoms with van der Waals surface area (Å²) in [5.74, 6) is -2.77. The van der Waals surface area contributed by atoms with Crippen molar-refractivity contribution in [3.8, 4) is 0 Å². The summed E-state index contributed by atoms with van der Waals surface area (Å²) in [6.45, 7) is 1.61. The molecule has 3 fully saturated rings. The van der Waals surface area contributed by atoms with Crippen molar-refractivity contribution in [1.82, 2.24) is 9.88 Å². The Labute approximate surface area is 160 Å². The maximum absolute atomic E-state index is 13.9. The molecule has 1 aliphatic carbocycles. The largest absolute Gasteiger partial charge is 0.403 e. The van der Waals surface area contributed by atoms with Gasteiger partial charge in [-0.15, -0.1) is 11.3 Å². The van der Waals surface area contributed by atoms with E-state index in [4.69, 9.17) is 0 Å². The zero-order valence-electron chi connectivity index (χ0n) is 14.7. The van der Waals surface area contributed by atoms with Gasteiger partial charge in [-0.3, -0.25) is 4.79 Å². The van der Waals surface area contributed by atoms with Gasteiger partial charge >= 0.3 is 6.18 Å². The Bertz CT molecular complexity index is 977. The smallest absolute Gasteiger partial charge is 0.370 e. The van der Waals surface area contributed by atoms with Crippen molar-refractivity contribution >= 4 is 33.1 Å². The van der Waals surface area contributed by atoms with E-state index >= 15 is 0 Å². The fraction of sp³-hybridized carbons (Fsp3) is 0.556. The summed E-state index contributed by atoms with van der Waals surface area (Å²) in [5.41, 5.74) is -0.473. The second kappa shape index (κ2) is 5.55. The molecule has 0 radical (unpaired) electrons. The van der Waals surface area contributed by atoms with Crippen LogP contribution < -0.4 is 4.90 Å². The minimum atomic E-state index is -4.50. The average Bonchev–Trinajstić information content (AvgIpc) is 3.09. The van der Waals surface area contributed by atoms with E-state index in [0.717, 1.165) is 6.07 Å². The second-order valence-electron chi connectivity index (χ2n) is 8.13. The van der Waals surface area contributed by atoms with Crippen LogP contribution >= 0.6 is 11.3 Å². The molecule has 150 valence electrons. The molecule has 0 N–H and O–H groups in total. The van der Waals surface area contributed by atoms with Gasteiger partial charge in [0.1, 0.15) is 10.9 Å². The molecular formula is C18H16F5N3OS. The first kappa shape index (κ1) is 18.1. The van der Waals surface area contributed by atoms with Gasteiger partial charge in [-0.25, -0.2) is 13.8 Å². The number of fused-ring (bicyclic) bond motifs is 1. The van der Waals surface area contributed by atoms with Crippen LogP contribution in [0.25, 0.3) is 10.2 Å². The minimum Gasteiger partial charge on any atom is -0.370 e. The normalized spacial score (nSPS) is 22.8. The Morgan fingerprint density at radius 1 is 1.14 bits per heavy atom. The van der Waals surface area contributed by atoms with E-state index in [-0.39, 0.29) is 36.9 Å². The van der Waals surface area contributed by atoms with Gasteiger partial charge in [0, 0.05) is 37.7 Å². The molecule has 10 heteroatoms. The average molecular weight is 417 g/mol. The molecule has 3 heterocycles. The van der Waals surface area contributed by atoms with E-state index in [0.29, 0.717) is 29.9 Å². The molecule has 2 aliphatic heterocycles. The molecule has 1 aromatic carbocycles. The van der Waals surface area contributed by atoms with Gasteiger partial charge in [-0.2, -0.15) is 13.2 Å². The molecular weight excluding hydrogens is 401 g/mol. The molecule has 0 bridgehead atoms. The highest BCUT2D eigenvalue weighted by Crippen LogP contribution is 2.60. The van der Waals surface area contributed by atoms with Crippen LogP contribution in [0.3, 0.4) is 0 Å². The molecule has 1 spiro atoms. The van der Waals surface area contributed by atoms with Crippen LogP contribution in [0, 0.1) is 22.5 Å². The van der Waals surface area contributed by atoms with Crippen LogP contribution in [0.15, 0.2) is 11.6 Å². The van der Waals surface area contributed by atoms with Crippen molar-refractivity contribution < 1.29 is 26.7 Å². The molecule has 1 aromatic heterocycles. The van der Waals surface area contributed by atoms with Gasteiger partial charge in [-0.05, 0) is 19.3 Å². The van der Waals surface area contributed by atoms with Crippen molar-refractivity contribution in [2.75, 3.05) is 31.1 Å². The molecule has 0 unspecified atom stereocenters. The van der Waals surface area contributed by atoms with Crippen molar-refractivity contribution in [2.24, 2.45) is 10.8 Å². The minimum absolute atomic E-state index is 0.00721. The van der Waals surface area contributed by atoms with E-state index in [9.17, 15) is 26.7 Å². The molecule has 3 aliphatic rings. The number of hydrogen-bond donors (Lipinski definition) is 0. The summed E-state index contributed by atoms with van der Waals surface area (Å²) < 4.78 is 67.9. The fourth-order valence-corrected chi connectivity index (χ4v) is 5.36. The SMILES string of the molecule is O=C(N1CC2(CCN(c3cc(F)c(F)c4ncsc34)C2)C1)C1(C(F)(F)F)CC1. The number of likely N-dealkylation sites (tertiary alicyclic amines) is 1. The molecule has 28 heavy (non-hydrogen) atoms. The molecule has 1 amide bonds. The summed E-state index contributed by atoms with van der Waals surface area (Å²) in [6.07, 6.45) is -4.08. The Morgan fingerprint density at radius 3 is 2.50 bits per heavy atom. The first-order valence-electron chi connectivity index (χ1n) is 8.98. The lowest BCUT2D eigenvalue weighted by atomic mass is 9.78. The van der Waals surface area contributed by atoms with Gasteiger partial charge in [0.2, 0.25) is 5.91 Å². The monoisotopic (exact) mass is 417 g/mol. The van der Waals surface area contributed by atoms with Crippen molar-refractivity contribution in [1.29, 1.82) is 0 Å². The number of carbonyl (C=O) groups excluding carboxylic acids is 1. The fourth-order valence-electron chi connectivity index (χ4n) is 4.53. The van der Waals surface area contributed by atoms with E-state index in [1.54, 1.807) is 0 Å². The topological polar surface area (TPSA) is 36.4 Å². The van der Waals surface area contributed by atoms with Crippen molar-refractivity contribution in [3.05, 3.63) is 23.2 Å². The lowest BCUT2D eigenvalue weighted by molar-refractivity contribution is -0.204. The number of hydrogen-bond acceptors (Lipinski definition) is 4. The van der Waals surface area contributed by atoms with Crippen molar-refractivity contribution in [2.45, 2.75) is 25.4 Å². The highest BCUT2D eigenvalue weighted by Gasteiger charge is 2.70. The van der Waals surface area contributed by atoms with E-state index in [1.165, 1.54) is 21.7 Å². The molecule has 2 aromatic rings. The summed E-state index contributed by atoms with van der Waals surface area (Å²) in [5, 5.41) is 0.